The second-order valence-corrected chi connectivity index (χ2v) is 4.32. The molecule has 0 saturated heterocycles. The molecule has 2 aromatic rings. The molecule has 0 fully saturated rings. The minimum absolute atomic E-state index is 0.140. The number of rotatable bonds is 2. The summed E-state index contributed by atoms with van der Waals surface area (Å²) < 4.78 is 5.22. The van der Waals surface area contributed by atoms with Crippen molar-refractivity contribution in [3.63, 3.8) is 0 Å². The van der Waals surface area contributed by atoms with E-state index in [0.717, 1.165) is 0 Å². The summed E-state index contributed by atoms with van der Waals surface area (Å²) in [7, 11) is 0. The first-order valence-electron chi connectivity index (χ1n) is 5.82. The molecule has 0 aromatic carbocycles. The van der Waals surface area contributed by atoms with Crippen LogP contribution in [0, 0.1) is 5.92 Å². The van der Waals surface area contributed by atoms with E-state index >= 15 is 0 Å². The molecule has 1 aliphatic carbocycles. The third-order valence-corrected chi connectivity index (χ3v) is 3.25. The SMILES string of the molecule is O=C(c1cccnc1)C1CCc2occc2C1=O. The summed E-state index contributed by atoms with van der Waals surface area (Å²) in [5, 5.41) is 0. The van der Waals surface area contributed by atoms with Crippen molar-refractivity contribution in [2.75, 3.05) is 0 Å². The highest BCUT2D eigenvalue weighted by Crippen LogP contribution is 2.28. The van der Waals surface area contributed by atoms with Crippen molar-refractivity contribution in [3.05, 3.63) is 53.7 Å². The summed E-state index contributed by atoms with van der Waals surface area (Å²) >= 11 is 0. The molecule has 0 spiro atoms. The van der Waals surface area contributed by atoms with E-state index in [9.17, 15) is 9.59 Å². The van der Waals surface area contributed by atoms with Gasteiger partial charge in [0.25, 0.3) is 0 Å². The Labute approximate surface area is 104 Å². The van der Waals surface area contributed by atoms with Gasteiger partial charge in [0, 0.05) is 24.4 Å². The molecule has 90 valence electrons. The molecule has 0 aliphatic heterocycles. The molecule has 18 heavy (non-hydrogen) atoms. The molecular weight excluding hydrogens is 230 g/mol. The maximum absolute atomic E-state index is 12.3. The summed E-state index contributed by atoms with van der Waals surface area (Å²) in [6, 6.07) is 5.03. The van der Waals surface area contributed by atoms with Gasteiger partial charge in [0.2, 0.25) is 0 Å². The fourth-order valence-corrected chi connectivity index (χ4v) is 2.31. The van der Waals surface area contributed by atoms with Gasteiger partial charge in [0.05, 0.1) is 17.7 Å². The average Bonchev–Trinajstić information content (AvgIpc) is 2.89. The molecule has 4 heteroatoms. The molecule has 0 N–H and O–H groups in total. The van der Waals surface area contributed by atoms with E-state index in [1.165, 1.54) is 12.5 Å². The van der Waals surface area contributed by atoms with Crippen LogP contribution in [0.5, 0.6) is 0 Å². The first-order chi connectivity index (χ1) is 8.77. The quantitative estimate of drug-likeness (QED) is 0.598. The molecule has 0 bridgehead atoms. The van der Waals surface area contributed by atoms with Gasteiger partial charge in [-0.1, -0.05) is 0 Å². The summed E-state index contributed by atoms with van der Waals surface area (Å²) in [4.78, 5) is 28.4. The summed E-state index contributed by atoms with van der Waals surface area (Å²) in [5.74, 6) is -0.201. The van der Waals surface area contributed by atoms with E-state index in [1.54, 1.807) is 24.4 Å². The van der Waals surface area contributed by atoms with Gasteiger partial charge in [-0.25, -0.2) is 0 Å². The van der Waals surface area contributed by atoms with E-state index < -0.39 is 5.92 Å². The monoisotopic (exact) mass is 241 g/mol. The van der Waals surface area contributed by atoms with Crippen LogP contribution < -0.4 is 0 Å². The van der Waals surface area contributed by atoms with Crippen LogP contribution in [-0.2, 0) is 6.42 Å². The number of carbonyl (C=O) groups excluding carboxylic acids is 2. The Bertz CT molecular complexity index is 601. The topological polar surface area (TPSA) is 60.2 Å². The number of aromatic nitrogens is 1. The van der Waals surface area contributed by atoms with Gasteiger partial charge < -0.3 is 4.42 Å². The lowest BCUT2D eigenvalue weighted by Gasteiger charge is -2.18. The van der Waals surface area contributed by atoms with Crippen molar-refractivity contribution in [2.24, 2.45) is 5.92 Å². The average molecular weight is 241 g/mol. The molecule has 1 atom stereocenters. The Morgan fingerprint density at radius 2 is 2.28 bits per heavy atom. The Balaban J connectivity index is 1.92. The second kappa shape index (κ2) is 4.22. The highest BCUT2D eigenvalue weighted by molar-refractivity contribution is 6.16. The van der Waals surface area contributed by atoms with Crippen molar-refractivity contribution < 1.29 is 14.0 Å². The van der Waals surface area contributed by atoms with Gasteiger partial charge in [0.1, 0.15) is 5.76 Å². The predicted molar refractivity (Wildman–Crippen MR) is 63.4 cm³/mol. The molecule has 3 rings (SSSR count). The molecule has 1 aliphatic rings. The molecular formula is C14H11NO3. The van der Waals surface area contributed by atoms with Crippen LogP contribution in [0.3, 0.4) is 0 Å². The number of hydrogen-bond acceptors (Lipinski definition) is 4. The fraction of sp³-hybridized carbons (Fsp3) is 0.214. The zero-order valence-corrected chi connectivity index (χ0v) is 9.63. The summed E-state index contributed by atoms with van der Waals surface area (Å²) in [6.07, 6.45) is 5.74. The maximum Gasteiger partial charge on any atom is 0.177 e. The van der Waals surface area contributed by atoms with Crippen molar-refractivity contribution in [3.8, 4) is 0 Å². The number of hydrogen-bond donors (Lipinski definition) is 0. The van der Waals surface area contributed by atoms with Crippen LogP contribution in [0.4, 0.5) is 0 Å². The van der Waals surface area contributed by atoms with Crippen molar-refractivity contribution in [1.29, 1.82) is 0 Å². The molecule has 0 amide bonds. The highest BCUT2D eigenvalue weighted by Gasteiger charge is 2.34. The van der Waals surface area contributed by atoms with Crippen LogP contribution in [0.25, 0.3) is 0 Å². The van der Waals surface area contributed by atoms with Crippen molar-refractivity contribution in [2.45, 2.75) is 12.8 Å². The van der Waals surface area contributed by atoms with Crippen LogP contribution >= 0.6 is 0 Å². The number of aryl methyl sites for hydroxylation is 1. The van der Waals surface area contributed by atoms with E-state index in [-0.39, 0.29) is 11.6 Å². The number of pyridine rings is 1. The largest absolute Gasteiger partial charge is 0.469 e. The van der Waals surface area contributed by atoms with Gasteiger partial charge in [-0.3, -0.25) is 14.6 Å². The van der Waals surface area contributed by atoms with Crippen LogP contribution in [0.1, 0.15) is 32.9 Å². The van der Waals surface area contributed by atoms with Crippen LogP contribution in [0.15, 0.2) is 41.3 Å². The minimum atomic E-state index is -0.598. The number of nitrogens with zero attached hydrogens (tertiary/aromatic N) is 1. The Kier molecular flexibility index (Phi) is 2.55. The van der Waals surface area contributed by atoms with Gasteiger partial charge in [-0.05, 0) is 24.6 Å². The lowest BCUT2D eigenvalue weighted by Crippen LogP contribution is -2.28. The van der Waals surface area contributed by atoms with Crippen molar-refractivity contribution in [1.82, 2.24) is 4.98 Å². The van der Waals surface area contributed by atoms with E-state index in [4.69, 9.17) is 4.42 Å². The lowest BCUT2D eigenvalue weighted by molar-refractivity contribution is 0.0787. The number of Topliss-reactive ketones (excluding diaryl/α,β-unsaturated/α-hetero) is 2. The van der Waals surface area contributed by atoms with Crippen LogP contribution in [-0.4, -0.2) is 16.6 Å². The third-order valence-electron chi connectivity index (χ3n) is 3.25. The highest BCUT2D eigenvalue weighted by atomic mass is 16.3. The second-order valence-electron chi connectivity index (χ2n) is 4.32. The molecule has 0 radical (unpaired) electrons. The lowest BCUT2D eigenvalue weighted by atomic mass is 9.82. The van der Waals surface area contributed by atoms with Gasteiger partial charge in [-0.2, -0.15) is 0 Å². The predicted octanol–water partition coefficient (Wildman–Crippen LogP) is 2.30. The van der Waals surface area contributed by atoms with Crippen molar-refractivity contribution >= 4 is 11.6 Å². The first kappa shape index (κ1) is 10.9. The van der Waals surface area contributed by atoms with Gasteiger partial charge in [0.15, 0.2) is 11.6 Å². The smallest absolute Gasteiger partial charge is 0.177 e. The fourth-order valence-electron chi connectivity index (χ4n) is 2.31. The normalized spacial score (nSPS) is 18.4. The molecule has 2 heterocycles. The zero-order chi connectivity index (χ0) is 12.5. The number of fused-ring (bicyclic) bond motifs is 1. The molecule has 2 aromatic heterocycles. The number of ketones is 2. The van der Waals surface area contributed by atoms with Crippen LogP contribution in [0.2, 0.25) is 0 Å². The van der Waals surface area contributed by atoms with E-state index in [1.807, 2.05) is 0 Å². The standard InChI is InChI=1S/C14H11NO3/c16-13(9-2-1-6-15-8-9)11-3-4-12-10(14(11)17)5-7-18-12/h1-2,5-8,11H,3-4H2. The van der Waals surface area contributed by atoms with E-state index in [0.29, 0.717) is 29.7 Å². The first-order valence-corrected chi connectivity index (χ1v) is 5.82. The minimum Gasteiger partial charge on any atom is -0.469 e. The maximum atomic E-state index is 12.3. The van der Waals surface area contributed by atoms with Gasteiger partial charge in [-0.15, -0.1) is 0 Å². The Morgan fingerprint density at radius 3 is 3.06 bits per heavy atom. The molecule has 1 unspecified atom stereocenters. The molecule has 0 saturated carbocycles. The van der Waals surface area contributed by atoms with Gasteiger partial charge >= 0.3 is 0 Å². The third kappa shape index (κ3) is 1.66. The Hall–Kier alpha value is -2.23. The van der Waals surface area contributed by atoms with E-state index in [2.05, 4.69) is 4.98 Å². The zero-order valence-electron chi connectivity index (χ0n) is 9.63. The summed E-state index contributed by atoms with van der Waals surface area (Å²) in [5.41, 5.74) is 1.03. The molecule has 4 nitrogen and oxygen atoms in total. The number of carbonyl (C=O) groups is 2. The Morgan fingerprint density at radius 1 is 1.39 bits per heavy atom. The number of furan rings is 1. The summed E-state index contributed by atoms with van der Waals surface area (Å²) in [6.45, 7) is 0.